The van der Waals surface area contributed by atoms with E-state index in [9.17, 15) is 14.3 Å². The number of carboxylic acids is 1. The lowest BCUT2D eigenvalue weighted by atomic mass is 10.0. The molecule has 0 amide bonds. The third-order valence-corrected chi connectivity index (χ3v) is 6.02. The molecule has 1 aliphatic heterocycles. The van der Waals surface area contributed by atoms with E-state index in [0.717, 1.165) is 16.8 Å². The summed E-state index contributed by atoms with van der Waals surface area (Å²) in [5.41, 5.74) is 3.72. The van der Waals surface area contributed by atoms with Gasteiger partial charge in [-0.3, -0.25) is 9.69 Å². The molecule has 2 aromatic carbocycles. The number of aliphatic carboxylic acids is 1. The highest BCUT2D eigenvalue weighted by Gasteiger charge is 2.25. The van der Waals surface area contributed by atoms with Crippen molar-refractivity contribution in [1.29, 1.82) is 0 Å². The molecular weight excluding hydrogens is 419 g/mol. The van der Waals surface area contributed by atoms with E-state index in [1.54, 1.807) is 37.3 Å². The highest BCUT2D eigenvalue weighted by Crippen LogP contribution is 2.33. The van der Waals surface area contributed by atoms with E-state index in [4.69, 9.17) is 16.3 Å². The molecule has 3 aromatic rings. The summed E-state index contributed by atoms with van der Waals surface area (Å²) in [7, 11) is 0. The molecule has 0 radical (unpaired) electrons. The van der Waals surface area contributed by atoms with Gasteiger partial charge < -0.3 is 9.84 Å². The Labute approximate surface area is 185 Å². The van der Waals surface area contributed by atoms with Crippen molar-refractivity contribution < 1.29 is 19.0 Å². The van der Waals surface area contributed by atoms with Crippen LogP contribution in [0.2, 0.25) is 5.02 Å². The molecular formula is C24H22ClFN2O3. The Bertz CT molecular complexity index is 1120. The van der Waals surface area contributed by atoms with Crippen LogP contribution in [-0.2, 0) is 24.4 Å². The lowest BCUT2D eigenvalue weighted by molar-refractivity contribution is -0.143. The highest BCUT2D eigenvalue weighted by molar-refractivity contribution is 6.34. The summed E-state index contributed by atoms with van der Waals surface area (Å²) in [4.78, 5) is 17.7. The smallest absolute Gasteiger partial charge is 0.320 e. The number of ether oxygens (including phenoxy) is 1. The van der Waals surface area contributed by atoms with Gasteiger partial charge in [0, 0.05) is 42.3 Å². The van der Waals surface area contributed by atoms with Gasteiger partial charge in [0.25, 0.3) is 0 Å². The zero-order chi connectivity index (χ0) is 22.0. The molecule has 0 saturated carbocycles. The summed E-state index contributed by atoms with van der Waals surface area (Å²) < 4.78 is 20.1. The summed E-state index contributed by atoms with van der Waals surface area (Å²) in [5.74, 6) is -0.679. The van der Waals surface area contributed by atoms with Gasteiger partial charge in [0.2, 0.25) is 5.88 Å². The second-order valence-corrected chi connectivity index (χ2v) is 7.92. The van der Waals surface area contributed by atoms with Crippen LogP contribution >= 0.6 is 11.6 Å². The van der Waals surface area contributed by atoms with Crippen LogP contribution in [0.3, 0.4) is 0 Å². The standard InChI is InChI=1S/C24H22ClFN2O3/c1-15(24(29)30)28-12-11-21-16(13-28)9-10-22(27-21)31-14-17-5-4-7-19(23(17)25)18-6-2-3-8-20(18)26/h2-10,15H,11-14H2,1H3,(H,29,30). The third kappa shape index (κ3) is 4.55. The maximum absolute atomic E-state index is 14.2. The van der Waals surface area contributed by atoms with Crippen LogP contribution in [0.15, 0.2) is 54.6 Å². The monoisotopic (exact) mass is 440 g/mol. The molecule has 0 aliphatic carbocycles. The molecule has 0 bridgehead atoms. The molecule has 0 fully saturated rings. The molecule has 31 heavy (non-hydrogen) atoms. The molecule has 1 aliphatic rings. The quantitative estimate of drug-likeness (QED) is 0.587. The zero-order valence-electron chi connectivity index (χ0n) is 17.0. The van der Waals surface area contributed by atoms with Gasteiger partial charge in [0.05, 0.1) is 10.7 Å². The van der Waals surface area contributed by atoms with Crippen LogP contribution in [-0.4, -0.2) is 33.5 Å². The van der Waals surface area contributed by atoms with Crippen molar-refractivity contribution in [2.75, 3.05) is 6.54 Å². The van der Waals surface area contributed by atoms with Crippen LogP contribution in [0.1, 0.15) is 23.7 Å². The fraction of sp³-hybridized carbons (Fsp3) is 0.250. The SMILES string of the molecule is CC(C(=O)O)N1CCc2nc(OCc3cccc(-c4ccccc4F)c3Cl)ccc2C1. The Morgan fingerprint density at radius 3 is 2.74 bits per heavy atom. The topological polar surface area (TPSA) is 62.7 Å². The predicted octanol–water partition coefficient (Wildman–Crippen LogP) is 4.95. The minimum absolute atomic E-state index is 0.203. The minimum atomic E-state index is -0.828. The predicted molar refractivity (Wildman–Crippen MR) is 117 cm³/mol. The second kappa shape index (κ2) is 9.04. The molecule has 1 aromatic heterocycles. The van der Waals surface area contributed by atoms with Crippen LogP contribution in [0.5, 0.6) is 5.88 Å². The number of carboxylic acid groups (broad SMARTS) is 1. The number of hydrogen-bond acceptors (Lipinski definition) is 4. The van der Waals surface area contributed by atoms with Crippen molar-refractivity contribution in [2.24, 2.45) is 0 Å². The highest BCUT2D eigenvalue weighted by atomic mass is 35.5. The van der Waals surface area contributed by atoms with E-state index in [1.807, 2.05) is 23.1 Å². The Hall–Kier alpha value is -2.96. The Kier molecular flexibility index (Phi) is 6.20. The van der Waals surface area contributed by atoms with E-state index in [1.165, 1.54) is 6.07 Å². The van der Waals surface area contributed by atoms with E-state index < -0.39 is 12.0 Å². The first-order valence-corrected chi connectivity index (χ1v) is 10.4. The number of nitrogens with zero attached hydrogens (tertiary/aromatic N) is 2. The first kappa shape index (κ1) is 21.3. The van der Waals surface area contributed by atoms with Crippen molar-refractivity contribution in [3.8, 4) is 17.0 Å². The largest absolute Gasteiger partial charge is 0.480 e. The zero-order valence-corrected chi connectivity index (χ0v) is 17.8. The van der Waals surface area contributed by atoms with Gasteiger partial charge in [0.15, 0.2) is 0 Å². The molecule has 0 saturated heterocycles. The number of fused-ring (bicyclic) bond motifs is 1. The van der Waals surface area contributed by atoms with Crippen LogP contribution < -0.4 is 4.74 Å². The van der Waals surface area contributed by atoms with E-state index in [2.05, 4.69) is 4.98 Å². The van der Waals surface area contributed by atoms with E-state index in [0.29, 0.717) is 41.5 Å². The fourth-order valence-corrected chi connectivity index (χ4v) is 4.00. The van der Waals surface area contributed by atoms with E-state index >= 15 is 0 Å². The van der Waals surface area contributed by atoms with Crippen molar-refractivity contribution in [3.63, 3.8) is 0 Å². The second-order valence-electron chi connectivity index (χ2n) is 7.54. The summed E-state index contributed by atoms with van der Waals surface area (Å²) in [5, 5.41) is 9.67. The number of halogens is 2. The van der Waals surface area contributed by atoms with Crippen molar-refractivity contribution in [1.82, 2.24) is 9.88 Å². The number of aromatic nitrogens is 1. The van der Waals surface area contributed by atoms with Gasteiger partial charge >= 0.3 is 5.97 Å². The van der Waals surface area contributed by atoms with Crippen LogP contribution in [0.4, 0.5) is 4.39 Å². The van der Waals surface area contributed by atoms with Crippen molar-refractivity contribution in [3.05, 3.63) is 82.3 Å². The number of pyridine rings is 1. The third-order valence-electron chi connectivity index (χ3n) is 5.58. The van der Waals surface area contributed by atoms with Crippen molar-refractivity contribution in [2.45, 2.75) is 32.5 Å². The molecule has 2 heterocycles. The summed E-state index contributed by atoms with van der Waals surface area (Å²) in [6.45, 7) is 3.08. The molecule has 4 rings (SSSR count). The summed E-state index contributed by atoms with van der Waals surface area (Å²) in [6, 6.07) is 15.1. The molecule has 1 N–H and O–H groups in total. The summed E-state index contributed by atoms with van der Waals surface area (Å²) in [6.07, 6.45) is 0.660. The maximum Gasteiger partial charge on any atom is 0.320 e. The molecule has 160 valence electrons. The van der Waals surface area contributed by atoms with Crippen LogP contribution in [0.25, 0.3) is 11.1 Å². The van der Waals surface area contributed by atoms with Gasteiger partial charge in [-0.1, -0.05) is 54.1 Å². The lowest BCUT2D eigenvalue weighted by Crippen LogP contribution is -2.42. The number of carbonyl (C=O) groups is 1. The first-order chi connectivity index (χ1) is 14.9. The fourth-order valence-electron chi connectivity index (χ4n) is 3.72. The maximum atomic E-state index is 14.2. The molecule has 5 nitrogen and oxygen atoms in total. The average Bonchev–Trinajstić information content (AvgIpc) is 2.78. The van der Waals surface area contributed by atoms with Crippen LogP contribution in [0, 0.1) is 5.82 Å². The lowest BCUT2D eigenvalue weighted by Gasteiger charge is -2.31. The van der Waals surface area contributed by atoms with E-state index in [-0.39, 0.29) is 12.4 Å². The number of rotatable bonds is 6. The number of benzene rings is 2. The Balaban J connectivity index is 1.48. The van der Waals surface area contributed by atoms with Gasteiger partial charge in [-0.25, -0.2) is 9.37 Å². The normalized spacial score (nSPS) is 14.7. The molecule has 1 atom stereocenters. The first-order valence-electron chi connectivity index (χ1n) is 10.0. The van der Waals surface area contributed by atoms with Gasteiger partial charge in [-0.15, -0.1) is 0 Å². The Morgan fingerprint density at radius 2 is 1.97 bits per heavy atom. The van der Waals surface area contributed by atoms with Gasteiger partial charge in [-0.2, -0.15) is 0 Å². The Morgan fingerprint density at radius 1 is 1.19 bits per heavy atom. The van der Waals surface area contributed by atoms with Gasteiger partial charge in [0.1, 0.15) is 18.5 Å². The summed E-state index contributed by atoms with van der Waals surface area (Å²) >= 11 is 6.55. The average molecular weight is 441 g/mol. The molecule has 0 spiro atoms. The molecule has 7 heteroatoms. The van der Waals surface area contributed by atoms with Crippen molar-refractivity contribution >= 4 is 17.6 Å². The molecule has 1 unspecified atom stereocenters. The van der Waals surface area contributed by atoms with Gasteiger partial charge in [-0.05, 0) is 18.6 Å². The minimum Gasteiger partial charge on any atom is -0.480 e. The number of hydrogen-bond donors (Lipinski definition) is 1.